The lowest BCUT2D eigenvalue weighted by molar-refractivity contribution is -0.140. The topological polar surface area (TPSA) is 85.3 Å². The molecule has 0 aliphatic carbocycles. The molecule has 1 aliphatic heterocycles. The molecule has 3 aromatic carbocycles. The number of nitrogens with zero attached hydrogens (tertiary/aromatic N) is 1. The predicted molar refractivity (Wildman–Crippen MR) is 138 cm³/mol. The highest BCUT2D eigenvalue weighted by molar-refractivity contribution is 8.01. The van der Waals surface area contributed by atoms with E-state index in [-0.39, 0.29) is 18.5 Å². The molecule has 0 radical (unpaired) electrons. The van der Waals surface area contributed by atoms with Gasteiger partial charge in [0.05, 0.1) is 33.8 Å². The Balaban J connectivity index is 1.87. The average Bonchev–Trinajstić information content (AvgIpc) is 3.17. The van der Waals surface area contributed by atoms with Crippen molar-refractivity contribution in [2.75, 3.05) is 21.3 Å². The van der Waals surface area contributed by atoms with Crippen LogP contribution in [-0.2, 0) is 16.1 Å². The standard InChI is InChI=1S/C28H28FNO6S/c1-17-5-10-21(11-6-17)37-28(27(32)33)15-25(31)30(16-18-7-8-20(35-3)14-24(18)36-4)26(28)22-13-19(34-2)9-12-23(22)29/h5-14,26H,15-16H2,1-4H3,(H,32,33)/t26?,28-/m1/s1. The third kappa shape index (κ3) is 5.09. The zero-order chi connectivity index (χ0) is 26.7. The third-order valence-electron chi connectivity index (χ3n) is 6.50. The van der Waals surface area contributed by atoms with Gasteiger partial charge in [-0.3, -0.25) is 9.59 Å². The largest absolute Gasteiger partial charge is 0.497 e. The van der Waals surface area contributed by atoms with Gasteiger partial charge in [-0.2, -0.15) is 0 Å². The first-order chi connectivity index (χ1) is 17.7. The minimum atomic E-state index is -1.70. The first kappa shape index (κ1) is 26.3. The van der Waals surface area contributed by atoms with Crippen molar-refractivity contribution in [3.8, 4) is 17.2 Å². The molecule has 7 nitrogen and oxygen atoms in total. The van der Waals surface area contributed by atoms with E-state index in [1.807, 2.05) is 31.2 Å². The molecular weight excluding hydrogens is 497 g/mol. The first-order valence-electron chi connectivity index (χ1n) is 11.5. The predicted octanol–water partition coefficient (Wildman–Crippen LogP) is 5.25. The maximum Gasteiger partial charge on any atom is 0.323 e. The molecule has 0 saturated carbocycles. The third-order valence-corrected chi connectivity index (χ3v) is 7.92. The van der Waals surface area contributed by atoms with Crippen LogP contribution in [0, 0.1) is 12.7 Å². The van der Waals surface area contributed by atoms with Gasteiger partial charge in [-0.1, -0.05) is 17.7 Å². The SMILES string of the molecule is COc1ccc(CN2C(=O)C[C@](Sc3ccc(C)cc3)(C(=O)O)C2c2cc(OC)ccc2F)c(OC)c1. The lowest BCUT2D eigenvalue weighted by Crippen LogP contribution is -2.42. The van der Waals surface area contributed by atoms with Gasteiger partial charge in [-0.25, -0.2) is 4.39 Å². The van der Waals surface area contributed by atoms with E-state index >= 15 is 4.39 Å². The van der Waals surface area contributed by atoms with Gasteiger partial charge in [0, 0.05) is 28.6 Å². The van der Waals surface area contributed by atoms with Gasteiger partial charge in [0.15, 0.2) is 4.75 Å². The number of hydrogen-bond donors (Lipinski definition) is 1. The molecule has 1 aliphatic rings. The molecule has 1 amide bonds. The highest BCUT2D eigenvalue weighted by Crippen LogP contribution is 2.54. The van der Waals surface area contributed by atoms with Gasteiger partial charge in [-0.15, -0.1) is 11.8 Å². The summed E-state index contributed by atoms with van der Waals surface area (Å²) in [6.45, 7) is 1.94. The number of ether oxygens (including phenoxy) is 3. The molecule has 4 rings (SSSR count). The van der Waals surface area contributed by atoms with Gasteiger partial charge in [0.25, 0.3) is 0 Å². The van der Waals surface area contributed by atoms with Crippen LogP contribution in [0.25, 0.3) is 0 Å². The summed E-state index contributed by atoms with van der Waals surface area (Å²) in [5, 5.41) is 10.6. The highest BCUT2D eigenvalue weighted by atomic mass is 32.2. The van der Waals surface area contributed by atoms with Gasteiger partial charge in [-0.05, 0) is 49.4 Å². The Hall–Kier alpha value is -3.72. The molecule has 1 fully saturated rings. The Kier molecular flexibility index (Phi) is 7.63. The van der Waals surface area contributed by atoms with Crippen molar-refractivity contribution in [3.05, 3.63) is 83.2 Å². The quantitative estimate of drug-likeness (QED) is 0.408. The molecule has 2 atom stereocenters. The number of hydrogen-bond acceptors (Lipinski definition) is 6. The number of carbonyl (C=O) groups is 2. The maximum atomic E-state index is 15.4. The molecule has 37 heavy (non-hydrogen) atoms. The number of carbonyl (C=O) groups excluding carboxylic acids is 1. The fourth-order valence-electron chi connectivity index (χ4n) is 4.59. The van der Waals surface area contributed by atoms with Crippen LogP contribution in [0.1, 0.15) is 29.2 Å². The number of halogens is 1. The summed E-state index contributed by atoms with van der Waals surface area (Å²) in [4.78, 5) is 28.6. The lowest BCUT2D eigenvalue weighted by atomic mass is 9.91. The van der Waals surface area contributed by atoms with E-state index in [9.17, 15) is 14.7 Å². The normalized spacial score (nSPS) is 19.1. The molecular formula is C28H28FNO6S. The number of carboxylic acids is 1. The molecule has 1 unspecified atom stereocenters. The number of benzene rings is 3. The van der Waals surface area contributed by atoms with Crippen LogP contribution >= 0.6 is 11.8 Å². The number of likely N-dealkylation sites (tertiary alicyclic amines) is 1. The van der Waals surface area contributed by atoms with Gasteiger partial charge in [0.2, 0.25) is 5.91 Å². The van der Waals surface area contributed by atoms with Crippen LogP contribution in [0.4, 0.5) is 4.39 Å². The van der Waals surface area contributed by atoms with Crippen molar-refractivity contribution in [1.82, 2.24) is 4.90 Å². The maximum absolute atomic E-state index is 15.4. The summed E-state index contributed by atoms with van der Waals surface area (Å²) < 4.78 is 29.8. The number of rotatable bonds is 9. The summed E-state index contributed by atoms with van der Waals surface area (Å²) in [5.41, 5.74) is 1.71. The molecule has 1 saturated heterocycles. The van der Waals surface area contributed by atoms with Crippen LogP contribution in [0.2, 0.25) is 0 Å². The minimum absolute atomic E-state index is 0.0107. The Morgan fingerprint density at radius 2 is 1.68 bits per heavy atom. The number of aryl methyl sites for hydroxylation is 1. The number of thioether (sulfide) groups is 1. The summed E-state index contributed by atoms with van der Waals surface area (Å²) in [6.07, 6.45) is -0.319. The Morgan fingerprint density at radius 3 is 2.30 bits per heavy atom. The second-order valence-corrected chi connectivity index (χ2v) is 10.2. The first-order valence-corrected chi connectivity index (χ1v) is 12.4. The van der Waals surface area contributed by atoms with Crippen LogP contribution in [-0.4, -0.2) is 48.0 Å². The second-order valence-electron chi connectivity index (χ2n) is 8.78. The summed E-state index contributed by atoms with van der Waals surface area (Å²) in [5.74, 6) is -0.843. The number of amides is 1. The second kappa shape index (κ2) is 10.7. The minimum Gasteiger partial charge on any atom is -0.497 e. The Bertz CT molecular complexity index is 1310. The summed E-state index contributed by atoms with van der Waals surface area (Å²) in [7, 11) is 4.48. The molecule has 1 heterocycles. The Morgan fingerprint density at radius 1 is 1.03 bits per heavy atom. The molecule has 0 spiro atoms. The lowest BCUT2D eigenvalue weighted by Gasteiger charge is -2.35. The molecule has 0 aromatic heterocycles. The molecule has 3 aromatic rings. The van der Waals surface area contributed by atoms with E-state index in [0.717, 1.165) is 17.3 Å². The van der Waals surface area contributed by atoms with Gasteiger partial charge in [0.1, 0.15) is 23.1 Å². The molecule has 9 heteroatoms. The van der Waals surface area contributed by atoms with E-state index in [2.05, 4.69) is 0 Å². The summed E-state index contributed by atoms with van der Waals surface area (Å²) in [6, 6.07) is 15.5. The summed E-state index contributed by atoms with van der Waals surface area (Å²) >= 11 is 1.05. The van der Waals surface area contributed by atoms with Crippen molar-refractivity contribution in [2.45, 2.75) is 35.6 Å². The monoisotopic (exact) mass is 525 g/mol. The van der Waals surface area contributed by atoms with Crippen molar-refractivity contribution < 1.29 is 33.3 Å². The fourth-order valence-corrected chi connectivity index (χ4v) is 5.93. The van der Waals surface area contributed by atoms with Crippen molar-refractivity contribution in [3.63, 3.8) is 0 Å². The zero-order valence-electron chi connectivity index (χ0n) is 21.0. The van der Waals surface area contributed by atoms with Crippen molar-refractivity contribution >= 4 is 23.6 Å². The highest BCUT2D eigenvalue weighted by Gasteiger charge is 2.59. The van der Waals surface area contributed by atoms with E-state index in [4.69, 9.17) is 14.2 Å². The van der Waals surface area contributed by atoms with E-state index in [1.54, 1.807) is 18.2 Å². The van der Waals surface area contributed by atoms with E-state index in [1.165, 1.54) is 44.4 Å². The smallest absolute Gasteiger partial charge is 0.323 e. The number of aliphatic carboxylic acids is 1. The number of methoxy groups -OCH3 is 3. The van der Waals surface area contributed by atoms with Gasteiger partial charge < -0.3 is 24.2 Å². The molecule has 1 N–H and O–H groups in total. The van der Waals surface area contributed by atoms with E-state index in [0.29, 0.717) is 27.7 Å². The number of carboxylic acid groups (broad SMARTS) is 1. The van der Waals surface area contributed by atoms with Crippen LogP contribution in [0.15, 0.2) is 65.6 Å². The van der Waals surface area contributed by atoms with Gasteiger partial charge >= 0.3 is 5.97 Å². The fraction of sp³-hybridized carbons (Fsp3) is 0.286. The van der Waals surface area contributed by atoms with Crippen LogP contribution in [0.5, 0.6) is 17.2 Å². The van der Waals surface area contributed by atoms with Crippen LogP contribution < -0.4 is 14.2 Å². The van der Waals surface area contributed by atoms with E-state index < -0.39 is 28.5 Å². The van der Waals surface area contributed by atoms with Crippen molar-refractivity contribution in [2.24, 2.45) is 0 Å². The Labute approximate surface area is 219 Å². The average molecular weight is 526 g/mol. The van der Waals surface area contributed by atoms with Crippen molar-refractivity contribution in [1.29, 1.82) is 0 Å². The zero-order valence-corrected chi connectivity index (χ0v) is 21.8. The molecule has 194 valence electrons. The molecule has 0 bridgehead atoms. The van der Waals surface area contributed by atoms with Crippen LogP contribution in [0.3, 0.4) is 0 Å².